The molecule has 2 amide bonds. The number of hydrogen-bond acceptors (Lipinski definition) is 3. The van der Waals surface area contributed by atoms with Gasteiger partial charge in [0.2, 0.25) is 0 Å². The van der Waals surface area contributed by atoms with E-state index < -0.39 is 17.4 Å². The summed E-state index contributed by atoms with van der Waals surface area (Å²) in [4.78, 5) is 23.4. The minimum Gasteiger partial charge on any atom is -0.481 e. The number of carbonyl (C=O) groups is 2. The number of aliphatic carboxylic acids is 1. The highest BCUT2D eigenvalue weighted by Crippen LogP contribution is 2.38. The Bertz CT molecular complexity index is 520. The van der Waals surface area contributed by atoms with Gasteiger partial charge in [-0.2, -0.15) is 5.10 Å². The molecule has 0 saturated heterocycles. The van der Waals surface area contributed by atoms with Gasteiger partial charge in [0.15, 0.2) is 0 Å². The lowest BCUT2D eigenvalue weighted by atomic mass is 9.85. The van der Waals surface area contributed by atoms with Crippen LogP contribution in [0.1, 0.15) is 37.6 Å². The van der Waals surface area contributed by atoms with Gasteiger partial charge in [-0.15, -0.1) is 0 Å². The van der Waals surface area contributed by atoms with Crippen LogP contribution in [0.3, 0.4) is 0 Å². The first kappa shape index (κ1) is 14.4. The Morgan fingerprint density at radius 3 is 2.70 bits per heavy atom. The van der Waals surface area contributed by atoms with E-state index in [0.29, 0.717) is 24.2 Å². The molecular formula is C13H20N4O3. The van der Waals surface area contributed by atoms with Crippen LogP contribution in [0.5, 0.6) is 0 Å². The normalized spacial score (nSPS) is 25.4. The number of hydrogen-bond donors (Lipinski definition) is 4. The molecule has 1 heterocycles. The summed E-state index contributed by atoms with van der Waals surface area (Å²) >= 11 is 0. The predicted octanol–water partition coefficient (Wildman–Crippen LogP) is 1.79. The van der Waals surface area contributed by atoms with E-state index in [0.717, 1.165) is 12.1 Å². The van der Waals surface area contributed by atoms with Gasteiger partial charge < -0.3 is 15.7 Å². The number of nitrogens with one attached hydrogen (secondary N) is 3. The number of aryl methyl sites for hydroxylation is 2. The van der Waals surface area contributed by atoms with Gasteiger partial charge in [0.25, 0.3) is 0 Å². The molecule has 1 aliphatic carbocycles. The molecule has 0 aliphatic heterocycles. The van der Waals surface area contributed by atoms with Crippen LogP contribution >= 0.6 is 0 Å². The van der Waals surface area contributed by atoms with Gasteiger partial charge in [-0.1, -0.05) is 6.42 Å². The number of rotatable bonds is 3. The smallest absolute Gasteiger partial charge is 0.319 e. The van der Waals surface area contributed by atoms with Crippen LogP contribution in [0, 0.1) is 19.3 Å². The second-order valence-corrected chi connectivity index (χ2v) is 5.57. The fraction of sp³-hybridized carbons (Fsp3) is 0.615. The maximum absolute atomic E-state index is 12.0. The van der Waals surface area contributed by atoms with Crippen LogP contribution in [-0.2, 0) is 4.79 Å². The van der Waals surface area contributed by atoms with Crippen LogP contribution in [0.4, 0.5) is 10.5 Å². The third kappa shape index (κ3) is 2.48. The van der Waals surface area contributed by atoms with Crippen molar-refractivity contribution >= 4 is 17.7 Å². The molecule has 0 spiro atoms. The van der Waals surface area contributed by atoms with Crippen molar-refractivity contribution in [2.24, 2.45) is 5.41 Å². The van der Waals surface area contributed by atoms with Crippen molar-refractivity contribution in [3.05, 3.63) is 11.4 Å². The Morgan fingerprint density at radius 2 is 2.15 bits per heavy atom. The zero-order valence-corrected chi connectivity index (χ0v) is 11.9. The number of anilines is 1. The van der Waals surface area contributed by atoms with Crippen molar-refractivity contribution in [1.82, 2.24) is 15.5 Å². The SMILES string of the molecule is Cc1n[nH]c(C)c1NC(=O)NC1CCCC1(C)C(=O)O. The molecule has 4 N–H and O–H groups in total. The first-order valence-electron chi connectivity index (χ1n) is 6.67. The van der Waals surface area contributed by atoms with Crippen LogP contribution in [0.25, 0.3) is 0 Å². The molecule has 2 atom stereocenters. The second kappa shape index (κ2) is 5.15. The molecule has 0 bridgehead atoms. The predicted molar refractivity (Wildman–Crippen MR) is 73.6 cm³/mol. The molecule has 0 aromatic carbocycles. The molecule has 2 unspecified atom stereocenters. The lowest BCUT2D eigenvalue weighted by Gasteiger charge is -2.27. The lowest BCUT2D eigenvalue weighted by Crippen LogP contribution is -2.48. The first-order valence-corrected chi connectivity index (χ1v) is 6.67. The Hall–Kier alpha value is -2.05. The molecule has 1 saturated carbocycles. The van der Waals surface area contributed by atoms with E-state index in [1.807, 2.05) is 6.92 Å². The molecule has 20 heavy (non-hydrogen) atoms. The van der Waals surface area contributed by atoms with Crippen LogP contribution in [0.15, 0.2) is 0 Å². The summed E-state index contributed by atoms with van der Waals surface area (Å²) in [7, 11) is 0. The highest BCUT2D eigenvalue weighted by Gasteiger charge is 2.45. The molecule has 1 aliphatic rings. The largest absolute Gasteiger partial charge is 0.481 e. The maximum atomic E-state index is 12.0. The molecule has 7 heteroatoms. The Morgan fingerprint density at radius 1 is 1.45 bits per heavy atom. The standard InChI is InChI=1S/C13H20N4O3/c1-7-10(8(2)17-16-7)15-12(20)14-9-5-4-6-13(9,3)11(18)19/h9H,4-6H2,1-3H3,(H,16,17)(H,18,19)(H2,14,15,20). The van der Waals surface area contributed by atoms with E-state index in [2.05, 4.69) is 20.8 Å². The third-order valence-electron chi connectivity index (χ3n) is 4.12. The molecule has 0 radical (unpaired) electrons. The minimum atomic E-state index is -0.891. The van der Waals surface area contributed by atoms with Crippen molar-refractivity contribution in [3.8, 4) is 0 Å². The Kier molecular flexibility index (Phi) is 3.69. The average Bonchev–Trinajstić information content (AvgIpc) is 2.88. The number of carboxylic acid groups (broad SMARTS) is 1. The number of aromatic nitrogens is 2. The maximum Gasteiger partial charge on any atom is 0.319 e. The second-order valence-electron chi connectivity index (χ2n) is 5.57. The molecule has 1 fully saturated rings. The van der Waals surface area contributed by atoms with E-state index >= 15 is 0 Å². The van der Waals surface area contributed by atoms with E-state index in [-0.39, 0.29) is 6.04 Å². The van der Waals surface area contributed by atoms with Gasteiger partial charge in [0.05, 0.1) is 22.5 Å². The average molecular weight is 280 g/mol. The van der Waals surface area contributed by atoms with Gasteiger partial charge in [0.1, 0.15) is 0 Å². The van der Waals surface area contributed by atoms with Crippen LogP contribution in [-0.4, -0.2) is 33.3 Å². The minimum absolute atomic E-state index is 0.354. The summed E-state index contributed by atoms with van der Waals surface area (Å²) < 4.78 is 0. The third-order valence-corrected chi connectivity index (χ3v) is 4.12. The molecule has 1 aromatic heterocycles. The number of carbonyl (C=O) groups excluding carboxylic acids is 1. The van der Waals surface area contributed by atoms with Crippen molar-refractivity contribution in [1.29, 1.82) is 0 Å². The monoisotopic (exact) mass is 280 g/mol. The van der Waals surface area contributed by atoms with E-state index in [1.165, 1.54) is 0 Å². The quantitative estimate of drug-likeness (QED) is 0.677. The Balaban J connectivity index is 2.03. The summed E-state index contributed by atoms with van der Waals surface area (Å²) in [5, 5.41) is 21.6. The topological polar surface area (TPSA) is 107 Å². The van der Waals surface area contributed by atoms with Crippen molar-refractivity contribution in [2.75, 3.05) is 5.32 Å². The number of H-pyrrole nitrogens is 1. The highest BCUT2D eigenvalue weighted by atomic mass is 16.4. The molecular weight excluding hydrogens is 260 g/mol. The fourth-order valence-corrected chi connectivity index (χ4v) is 2.70. The number of urea groups is 1. The van der Waals surface area contributed by atoms with Crippen LogP contribution < -0.4 is 10.6 Å². The number of aromatic amines is 1. The van der Waals surface area contributed by atoms with E-state index in [1.54, 1.807) is 13.8 Å². The molecule has 2 rings (SSSR count). The fourth-order valence-electron chi connectivity index (χ4n) is 2.70. The van der Waals surface area contributed by atoms with Crippen molar-refractivity contribution in [2.45, 2.75) is 46.1 Å². The molecule has 1 aromatic rings. The summed E-state index contributed by atoms with van der Waals surface area (Å²) in [5.74, 6) is -0.865. The van der Waals surface area contributed by atoms with Gasteiger partial charge in [0, 0.05) is 6.04 Å². The van der Waals surface area contributed by atoms with Gasteiger partial charge in [-0.3, -0.25) is 9.89 Å². The zero-order valence-electron chi connectivity index (χ0n) is 11.9. The number of amides is 2. The van der Waals surface area contributed by atoms with Crippen molar-refractivity contribution in [3.63, 3.8) is 0 Å². The summed E-state index contributed by atoms with van der Waals surface area (Å²) in [6.45, 7) is 5.28. The van der Waals surface area contributed by atoms with E-state index in [4.69, 9.17) is 0 Å². The number of nitrogens with zero attached hydrogens (tertiary/aromatic N) is 1. The molecule has 7 nitrogen and oxygen atoms in total. The number of carboxylic acids is 1. The summed E-state index contributed by atoms with van der Waals surface area (Å²) in [6, 6.07) is -0.746. The van der Waals surface area contributed by atoms with Gasteiger partial charge >= 0.3 is 12.0 Å². The zero-order chi connectivity index (χ0) is 14.9. The van der Waals surface area contributed by atoms with Gasteiger partial charge in [-0.25, -0.2) is 4.79 Å². The van der Waals surface area contributed by atoms with Gasteiger partial charge in [-0.05, 0) is 33.6 Å². The molecule has 110 valence electrons. The van der Waals surface area contributed by atoms with E-state index in [9.17, 15) is 14.7 Å². The summed E-state index contributed by atoms with van der Waals surface area (Å²) in [6.07, 6.45) is 2.06. The summed E-state index contributed by atoms with van der Waals surface area (Å²) in [5.41, 5.74) is 1.21. The van der Waals surface area contributed by atoms with Crippen molar-refractivity contribution < 1.29 is 14.7 Å². The van der Waals surface area contributed by atoms with Crippen LogP contribution in [0.2, 0.25) is 0 Å². The lowest BCUT2D eigenvalue weighted by molar-refractivity contribution is -0.148. The first-order chi connectivity index (χ1) is 9.34. The Labute approximate surface area is 117 Å². The highest BCUT2D eigenvalue weighted by molar-refractivity contribution is 5.91.